The number of halogens is 1. The summed E-state index contributed by atoms with van der Waals surface area (Å²) >= 11 is 5.06. The summed E-state index contributed by atoms with van der Waals surface area (Å²) in [6, 6.07) is 16.2. The molecule has 1 nitrogen and oxygen atoms in total. The second kappa shape index (κ2) is 6.41. The van der Waals surface area contributed by atoms with Gasteiger partial charge in [-0.25, -0.2) is 0 Å². The molecule has 1 atom stereocenters. The minimum absolute atomic E-state index is 0.426. The Balaban J connectivity index is 1.93. The summed E-state index contributed by atoms with van der Waals surface area (Å²) in [4.78, 5) is 1.19. The average molecular weight is 323 g/mol. The largest absolute Gasteiger partial charge is 0.388 e. The van der Waals surface area contributed by atoms with Gasteiger partial charge in [0.2, 0.25) is 0 Å². The van der Waals surface area contributed by atoms with E-state index in [1.807, 2.05) is 24.3 Å². The molecular formula is C15H15BrOS. The summed E-state index contributed by atoms with van der Waals surface area (Å²) in [6.45, 7) is 2.07. The number of thioether (sulfide) groups is 1. The topological polar surface area (TPSA) is 20.2 Å². The van der Waals surface area contributed by atoms with Crippen molar-refractivity contribution < 1.29 is 5.11 Å². The number of benzene rings is 2. The minimum Gasteiger partial charge on any atom is -0.388 e. The normalized spacial score (nSPS) is 12.4. The van der Waals surface area contributed by atoms with E-state index >= 15 is 0 Å². The standard InChI is InChI=1S/C15H15BrOS/c1-11-2-8-14(9-3-11)18-10-15(17)12-4-6-13(16)7-5-12/h2-9,15,17H,10H2,1H3. The highest BCUT2D eigenvalue weighted by Gasteiger charge is 2.07. The van der Waals surface area contributed by atoms with Crippen molar-refractivity contribution in [2.75, 3.05) is 5.75 Å². The summed E-state index contributed by atoms with van der Waals surface area (Å²) in [5, 5.41) is 10.1. The lowest BCUT2D eigenvalue weighted by Crippen LogP contribution is -2.00. The van der Waals surface area contributed by atoms with Crippen molar-refractivity contribution in [3.63, 3.8) is 0 Å². The average Bonchev–Trinajstić information content (AvgIpc) is 2.38. The van der Waals surface area contributed by atoms with Crippen molar-refractivity contribution in [3.8, 4) is 0 Å². The molecule has 0 aliphatic rings. The molecule has 0 radical (unpaired) electrons. The van der Waals surface area contributed by atoms with E-state index in [-0.39, 0.29) is 0 Å². The zero-order valence-corrected chi connectivity index (χ0v) is 12.5. The molecule has 0 aliphatic carbocycles. The van der Waals surface area contributed by atoms with Crippen LogP contribution in [0.2, 0.25) is 0 Å². The number of rotatable bonds is 4. The highest BCUT2D eigenvalue weighted by molar-refractivity contribution is 9.10. The second-order valence-electron chi connectivity index (χ2n) is 4.19. The number of aryl methyl sites for hydroxylation is 1. The fraction of sp³-hybridized carbons (Fsp3) is 0.200. The second-order valence-corrected chi connectivity index (χ2v) is 6.20. The van der Waals surface area contributed by atoms with Crippen LogP contribution in [0.15, 0.2) is 57.9 Å². The Labute approximate surface area is 120 Å². The molecule has 0 saturated heterocycles. The monoisotopic (exact) mass is 322 g/mol. The van der Waals surface area contributed by atoms with E-state index in [4.69, 9.17) is 0 Å². The molecule has 2 aromatic rings. The molecule has 2 rings (SSSR count). The van der Waals surface area contributed by atoms with Gasteiger partial charge in [0.15, 0.2) is 0 Å². The van der Waals surface area contributed by atoms with Crippen LogP contribution in [0.3, 0.4) is 0 Å². The van der Waals surface area contributed by atoms with Crippen molar-refractivity contribution in [1.82, 2.24) is 0 Å². The van der Waals surface area contributed by atoms with Gasteiger partial charge in [-0.2, -0.15) is 0 Å². The summed E-state index contributed by atoms with van der Waals surface area (Å²) in [7, 11) is 0. The lowest BCUT2D eigenvalue weighted by atomic mass is 10.1. The fourth-order valence-corrected chi connectivity index (χ4v) is 2.73. The lowest BCUT2D eigenvalue weighted by Gasteiger charge is -2.10. The quantitative estimate of drug-likeness (QED) is 0.831. The van der Waals surface area contributed by atoms with Crippen LogP contribution in [0.5, 0.6) is 0 Å². The zero-order chi connectivity index (χ0) is 13.0. The van der Waals surface area contributed by atoms with E-state index in [1.54, 1.807) is 11.8 Å². The third kappa shape index (κ3) is 3.87. The van der Waals surface area contributed by atoms with E-state index in [9.17, 15) is 5.11 Å². The molecule has 0 heterocycles. The number of aliphatic hydroxyl groups is 1. The molecule has 94 valence electrons. The van der Waals surface area contributed by atoms with Gasteiger partial charge < -0.3 is 5.11 Å². The summed E-state index contributed by atoms with van der Waals surface area (Å²) in [5.41, 5.74) is 2.21. The van der Waals surface area contributed by atoms with Gasteiger partial charge in [0.05, 0.1) is 6.10 Å². The third-order valence-electron chi connectivity index (χ3n) is 2.68. The van der Waals surface area contributed by atoms with Crippen LogP contribution in [0.1, 0.15) is 17.2 Å². The molecule has 0 amide bonds. The maximum absolute atomic E-state index is 10.1. The van der Waals surface area contributed by atoms with Gasteiger partial charge in [0.25, 0.3) is 0 Å². The van der Waals surface area contributed by atoms with Crippen LogP contribution in [0.25, 0.3) is 0 Å². The van der Waals surface area contributed by atoms with Crippen LogP contribution in [0, 0.1) is 6.92 Å². The van der Waals surface area contributed by atoms with E-state index < -0.39 is 6.10 Å². The third-order valence-corrected chi connectivity index (χ3v) is 4.30. The first-order valence-corrected chi connectivity index (χ1v) is 7.56. The van der Waals surface area contributed by atoms with Gasteiger partial charge in [0, 0.05) is 15.1 Å². The first kappa shape index (κ1) is 13.7. The molecule has 0 aliphatic heterocycles. The fourth-order valence-electron chi connectivity index (χ4n) is 1.59. The predicted octanol–water partition coefficient (Wildman–Crippen LogP) is 4.58. The Kier molecular flexibility index (Phi) is 4.87. The first-order chi connectivity index (χ1) is 8.65. The zero-order valence-electron chi connectivity index (χ0n) is 10.1. The molecule has 0 aromatic heterocycles. The molecule has 0 saturated carbocycles. The van der Waals surface area contributed by atoms with E-state index in [0.29, 0.717) is 5.75 Å². The van der Waals surface area contributed by atoms with E-state index in [1.165, 1.54) is 10.5 Å². The Morgan fingerprint density at radius 1 is 1.06 bits per heavy atom. The number of hydrogen-bond donors (Lipinski definition) is 1. The van der Waals surface area contributed by atoms with Crippen LogP contribution >= 0.6 is 27.7 Å². The smallest absolute Gasteiger partial charge is 0.0883 e. The van der Waals surface area contributed by atoms with Crippen molar-refractivity contribution in [3.05, 3.63) is 64.1 Å². The molecule has 2 aromatic carbocycles. The summed E-state index contributed by atoms with van der Waals surface area (Å²) in [5.74, 6) is 0.671. The molecule has 0 fully saturated rings. The van der Waals surface area contributed by atoms with E-state index in [0.717, 1.165) is 10.0 Å². The van der Waals surface area contributed by atoms with Crippen molar-refractivity contribution in [2.24, 2.45) is 0 Å². The highest BCUT2D eigenvalue weighted by Crippen LogP contribution is 2.25. The van der Waals surface area contributed by atoms with Crippen LogP contribution in [0.4, 0.5) is 0 Å². The Morgan fingerprint density at radius 2 is 1.67 bits per heavy atom. The molecule has 3 heteroatoms. The van der Waals surface area contributed by atoms with Crippen LogP contribution < -0.4 is 0 Å². The van der Waals surface area contributed by atoms with Gasteiger partial charge >= 0.3 is 0 Å². The van der Waals surface area contributed by atoms with E-state index in [2.05, 4.69) is 47.1 Å². The molecule has 1 N–H and O–H groups in total. The Bertz CT molecular complexity index is 493. The summed E-state index contributed by atoms with van der Waals surface area (Å²) < 4.78 is 1.03. The number of aliphatic hydroxyl groups excluding tert-OH is 1. The van der Waals surface area contributed by atoms with Gasteiger partial charge in [-0.3, -0.25) is 0 Å². The molecular weight excluding hydrogens is 308 g/mol. The Morgan fingerprint density at radius 3 is 2.28 bits per heavy atom. The maximum Gasteiger partial charge on any atom is 0.0883 e. The number of hydrogen-bond acceptors (Lipinski definition) is 2. The van der Waals surface area contributed by atoms with Gasteiger partial charge in [0.1, 0.15) is 0 Å². The van der Waals surface area contributed by atoms with Crippen molar-refractivity contribution >= 4 is 27.7 Å². The van der Waals surface area contributed by atoms with Gasteiger partial charge in [-0.15, -0.1) is 11.8 Å². The highest BCUT2D eigenvalue weighted by atomic mass is 79.9. The van der Waals surface area contributed by atoms with Crippen molar-refractivity contribution in [2.45, 2.75) is 17.9 Å². The first-order valence-electron chi connectivity index (χ1n) is 5.78. The SMILES string of the molecule is Cc1ccc(SCC(O)c2ccc(Br)cc2)cc1. The van der Waals surface area contributed by atoms with Gasteiger partial charge in [-0.05, 0) is 36.8 Å². The maximum atomic E-state index is 10.1. The lowest BCUT2D eigenvalue weighted by molar-refractivity contribution is 0.204. The van der Waals surface area contributed by atoms with Crippen LogP contribution in [-0.4, -0.2) is 10.9 Å². The minimum atomic E-state index is -0.426. The molecule has 18 heavy (non-hydrogen) atoms. The molecule has 0 spiro atoms. The molecule has 0 bridgehead atoms. The van der Waals surface area contributed by atoms with Crippen LogP contribution in [-0.2, 0) is 0 Å². The Hall–Kier alpha value is -0.770. The predicted molar refractivity (Wildman–Crippen MR) is 81.0 cm³/mol. The van der Waals surface area contributed by atoms with Gasteiger partial charge in [-0.1, -0.05) is 45.8 Å². The molecule has 1 unspecified atom stereocenters. The van der Waals surface area contributed by atoms with Crippen molar-refractivity contribution in [1.29, 1.82) is 0 Å². The summed E-state index contributed by atoms with van der Waals surface area (Å²) in [6.07, 6.45) is -0.426.